The lowest BCUT2D eigenvalue weighted by Gasteiger charge is -2.00. The zero-order chi connectivity index (χ0) is 19.0. The van der Waals surface area contributed by atoms with Crippen molar-refractivity contribution >= 4 is 60.7 Å². The molecule has 0 aliphatic carbocycles. The molecule has 0 bridgehead atoms. The van der Waals surface area contributed by atoms with Gasteiger partial charge in [-0.2, -0.15) is 0 Å². The Bertz CT molecular complexity index is 1030. The van der Waals surface area contributed by atoms with E-state index in [0.717, 1.165) is 25.9 Å². The van der Waals surface area contributed by atoms with E-state index in [-0.39, 0.29) is 0 Å². The highest BCUT2D eigenvalue weighted by atomic mass is 33.1. The first-order valence-electron chi connectivity index (χ1n) is 8.23. The Morgan fingerprint density at radius 1 is 0.821 bits per heavy atom. The van der Waals surface area contributed by atoms with E-state index in [9.17, 15) is 0 Å². The van der Waals surface area contributed by atoms with Crippen molar-refractivity contribution in [3.63, 3.8) is 0 Å². The normalized spacial score (nSPS) is 11.1. The Hall–Kier alpha value is -2.27. The largest absolute Gasteiger partial charge is 0.356 e. The van der Waals surface area contributed by atoms with Crippen LogP contribution in [0.15, 0.2) is 74.3 Å². The van der Waals surface area contributed by atoms with Gasteiger partial charge >= 0.3 is 0 Å². The van der Waals surface area contributed by atoms with Crippen LogP contribution in [0.25, 0.3) is 0 Å². The molecule has 1 N–H and O–H groups in total. The maximum Gasteiger partial charge on any atom is 0.232 e. The van der Waals surface area contributed by atoms with Gasteiger partial charge in [0.05, 0.1) is 0 Å². The molecule has 140 valence electrons. The van der Waals surface area contributed by atoms with Crippen molar-refractivity contribution < 1.29 is 0 Å². The zero-order valence-electron chi connectivity index (χ0n) is 14.4. The summed E-state index contributed by atoms with van der Waals surface area (Å²) < 4.78 is 1.70. The zero-order valence-corrected chi connectivity index (χ0v) is 17.7. The van der Waals surface area contributed by atoms with Crippen LogP contribution >= 0.6 is 44.3 Å². The first-order valence-corrected chi connectivity index (χ1v) is 12.0. The smallest absolute Gasteiger partial charge is 0.232 e. The third kappa shape index (κ3) is 5.61. The summed E-state index contributed by atoms with van der Waals surface area (Å²) in [6.07, 6.45) is 1.79. The molecule has 0 spiro atoms. The van der Waals surface area contributed by atoms with Gasteiger partial charge in [-0.1, -0.05) is 83.3 Å². The molecular formula is C18H14N6S4. The number of nitrogens with zero attached hydrogens (tertiary/aromatic N) is 5. The van der Waals surface area contributed by atoms with Crippen molar-refractivity contribution in [2.24, 2.45) is 4.99 Å². The standard InChI is InChI=1S/C18H14N6S4/c1-3-7-13(8-4-1)11-19-15-21-23-17(25-15)27-28-18-24-22-16(26-18)20-12-14-9-5-2-6-10-14/h1-11H,12H2,(H,20,22). The lowest BCUT2D eigenvalue weighted by molar-refractivity contribution is 0.997. The number of aliphatic imine (C=N–C) groups is 1. The first-order chi connectivity index (χ1) is 13.8. The second kappa shape index (κ2) is 9.78. The highest BCUT2D eigenvalue weighted by molar-refractivity contribution is 8.77. The number of nitrogens with one attached hydrogen (secondary N) is 1. The summed E-state index contributed by atoms with van der Waals surface area (Å²) >= 11 is 2.97. The molecule has 0 saturated carbocycles. The van der Waals surface area contributed by atoms with Crippen molar-refractivity contribution in [3.8, 4) is 0 Å². The molecule has 4 aromatic rings. The summed E-state index contributed by atoms with van der Waals surface area (Å²) in [7, 11) is 3.03. The molecule has 4 rings (SSSR count). The summed E-state index contributed by atoms with van der Waals surface area (Å²) in [5.74, 6) is 0. The van der Waals surface area contributed by atoms with E-state index < -0.39 is 0 Å². The fourth-order valence-electron chi connectivity index (χ4n) is 2.12. The monoisotopic (exact) mass is 442 g/mol. The molecule has 28 heavy (non-hydrogen) atoms. The summed E-state index contributed by atoms with van der Waals surface area (Å²) in [4.78, 5) is 4.37. The van der Waals surface area contributed by atoms with Gasteiger partial charge in [0.2, 0.25) is 10.3 Å². The molecular weight excluding hydrogens is 429 g/mol. The predicted molar refractivity (Wildman–Crippen MR) is 119 cm³/mol. The highest BCUT2D eigenvalue weighted by Crippen LogP contribution is 2.41. The molecule has 0 fully saturated rings. The Morgan fingerprint density at radius 3 is 2.29 bits per heavy atom. The lowest BCUT2D eigenvalue weighted by atomic mass is 10.2. The van der Waals surface area contributed by atoms with E-state index in [4.69, 9.17) is 0 Å². The third-order valence-corrected chi connectivity index (χ3v) is 8.06. The van der Waals surface area contributed by atoms with Crippen LogP contribution in [-0.2, 0) is 6.54 Å². The van der Waals surface area contributed by atoms with Crippen LogP contribution in [0.4, 0.5) is 10.3 Å². The van der Waals surface area contributed by atoms with E-state index in [0.29, 0.717) is 5.13 Å². The topological polar surface area (TPSA) is 76.0 Å². The Kier molecular flexibility index (Phi) is 6.66. The summed E-state index contributed by atoms with van der Waals surface area (Å²) in [6.45, 7) is 0.729. The summed E-state index contributed by atoms with van der Waals surface area (Å²) in [5, 5.41) is 21.4. The Morgan fingerprint density at radius 2 is 1.50 bits per heavy atom. The van der Waals surface area contributed by atoms with E-state index in [2.05, 4.69) is 42.8 Å². The minimum Gasteiger partial charge on any atom is -0.356 e. The molecule has 0 aliphatic rings. The van der Waals surface area contributed by atoms with E-state index in [1.165, 1.54) is 49.8 Å². The van der Waals surface area contributed by atoms with Crippen LogP contribution in [0.3, 0.4) is 0 Å². The van der Waals surface area contributed by atoms with Crippen LogP contribution in [0.2, 0.25) is 0 Å². The summed E-state index contributed by atoms with van der Waals surface area (Å²) in [5.41, 5.74) is 2.24. The van der Waals surface area contributed by atoms with Crippen molar-refractivity contribution in [1.82, 2.24) is 20.4 Å². The maximum absolute atomic E-state index is 4.37. The molecule has 0 unspecified atom stereocenters. The van der Waals surface area contributed by atoms with Crippen molar-refractivity contribution in [2.45, 2.75) is 15.2 Å². The van der Waals surface area contributed by atoms with Gasteiger partial charge in [-0.25, -0.2) is 4.99 Å². The fraction of sp³-hybridized carbons (Fsp3) is 0.0556. The molecule has 0 atom stereocenters. The molecule has 2 heterocycles. The number of anilines is 1. The van der Waals surface area contributed by atoms with Gasteiger partial charge in [0.1, 0.15) is 0 Å². The molecule has 6 nitrogen and oxygen atoms in total. The number of hydrogen-bond acceptors (Lipinski definition) is 10. The third-order valence-electron chi connectivity index (χ3n) is 3.40. The predicted octanol–water partition coefficient (Wildman–Crippen LogP) is 5.55. The lowest BCUT2D eigenvalue weighted by Crippen LogP contribution is -1.98. The van der Waals surface area contributed by atoms with Crippen LogP contribution in [0.5, 0.6) is 0 Å². The van der Waals surface area contributed by atoms with Gasteiger partial charge in [-0.3, -0.25) is 0 Å². The first kappa shape index (κ1) is 19.1. The van der Waals surface area contributed by atoms with Crippen LogP contribution < -0.4 is 5.32 Å². The maximum atomic E-state index is 4.37. The quantitative estimate of drug-likeness (QED) is 0.283. The molecule has 2 aromatic carbocycles. The molecule has 2 aromatic heterocycles. The second-order valence-corrected chi connectivity index (χ2v) is 9.96. The van der Waals surface area contributed by atoms with Gasteiger partial charge in [-0.15, -0.1) is 20.4 Å². The van der Waals surface area contributed by atoms with Gasteiger partial charge in [0.15, 0.2) is 8.68 Å². The van der Waals surface area contributed by atoms with Gasteiger partial charge < -0.3 is 5.32 Å². The fourth-order valence-corrected chi connectivity index (χ4v) is 5.89. The van der Waals surface area contributed by atoms with Crippen LogP contribution in [0.1, 0.15) is 11.1 Å². The van der Waals surface area contributed by atoms with Crippen molar-refractivity contribution in [2.75, 3.05) is 5.32 Å². The second-order valence-electron chi connectivity index (χ2n) is 5.40. The van der Waals surface area contributed by atoms with E-state index >= 15 is 0 Å². The van der Waals surface area contributed by atoms with E-state index in [1.54, 1.807) is 6.21 Å². The van der Waals surface area contributed by atoms with Crippen molar-refractivity contribution in [3.05, 3.63) is 71.8 Å². The van der Waals surface area contributed by atoms with Crippen LogP contribution in [-0.4, -0.2) is 26.6 Å². The Labute approximate surface area is 178 Å². The number of benzene rings is 2. The molecule has 0 radical (unpaired) electrons. The number of rotatable bonds is 8. The minimum absolute atomic E-state index is 0.634. The molecule has 0 saturated heterocycles. The van der Waals surface area contributed by atoms with Gasteiger partial charge in [-0.05, 0) is 32.7 Å². The van der Waals surface area contributed by atoms with E-state index in [1.807, 2.05) is 48.5 Å². The van der Waals surface area contributed by atoms with Gasteiger partial charge in [0.25, 0.3) is 0 Å². The average Bonchev–Trinajstić information content (AvgIpc) is 3.40. The number of aromatic nitrogens is 4. The average molecular weight is 443 g/mol. The Balaban J connectivity index is 1.27. The summed E-state index contributed by atoms with van der Waals surface area (Å²) in [6, 6.07) is 20.1. The molecule has 0 aliphatic heterocycles. The minimum atomic E-state index is 0.634. The highest BCUT2D eigenvalue weighted by Gasteiger charge is 2.09. The number of hydrogen-bond donors (Lipinski definition) is 1. The van der Waals surface area contributed by atoms with Crippen molar-refractivity contribution in [1.29, 1.82) is 0 Å². The van der Waals surface area contributed by atoms with Crippen LogP contribution in [0, 0.1) is 0 Å². The molecule has 0 amide bonds. The molecule has 10 heteroatoms. The van der Waals surface area contributed by atoms with Gasteiger partial charge in [0, 0.05) is 12.8 Å². The SMILES string of the molecule is C(=Nc1nnc(SSc2nnc(NCc3ccccc3)s2)s1)c1ccccc1.